The van der Waals surface area contributed by atoms with Gasteiger partial charge in [0, 0.05) is 6.61 Å². The lowest BCUT2D eigenvalue weighted by Gasteiger charge is -2.45. The molecule has 37 heavy (non-hydrogen) atoms. The van der Waals surface area contributed by atoms with Crippen LogP contribution in [0.5, 0.6) is 0 Å². The van der Waals surface area contributed by atoms with E-state index in [4.69, 9.17) is 23.7 Å². The molecule has 0 aromatic carbocycles. The Hall–Kier alpha value is -0.440. The van der Waals surface area contributed by atoms with Gasteiger partial charge in [0.05, 0.1) is 24.9 Å². The monoisotopic (exact) mass is 534 g/mol. The van der Waals surface area contributed by atoms with Crippen molar-refractivity contribution >= 4 is 0 Å². The van der Waals surface area contributed by atoms with Crippen molar-refractivity contribution in [3.8, 4) is 0 Å². The minimum atomic E-state index is -1.43. The maximum Gasteiger partial charge on any atom is 0.187 e. The van der Waals surface area contributed by atoms with Gasteiger partial charge in [0.2, 0.25) is 0 Å². The zero-order valence-electron chi connectivity index (χ0n) is 21.7. The Labute approximate surface area is 218 Å². The van der Waals surface area contributed by atoms with E-state index in [2.05, 4.69) is 0 Å². The molecule has 6 N–H and O–H groups in total. The molecule has 0 aromatic heterocycles. The van der Waals surface area contributed by atoms with E-state index in [0.29, 0.717) is 25.4 Å². The van der Waals surface area contributed by atoms with Gasteiger partial charge in [-0.15, -0.1) is 0 Å². The van der Waals surface area contributed by atoms with Crippen molar-refractivity contribution in [1.29, 1.82) is 0 Å². The predicted molar refractivity (Wildman–Crippen MR) is 129 cm³/mol. The maximum atomic E-state index is 11.0. The smallest absolute Gasteiger partial charge is 0.187 e. The highest BCUT2D eigenvalue weighted by Gasteiger charge is 2.48. The summed E-state index contributed by atoms with van der Waals surface area (Å²) >= 11 is 0. The van der Waals surface area contributed by atoms with Crippen molar-refractivity contribution in [3.05, 3.63) is 0 Å². The van der Waals surface area contributed by atoms with Crippen molar-refractivity contribution in [2.24, 2.45) is 5.92 Å². The summed E-state index contributed by atoms with van der Waals surface area (Å²) in [7, 11) is 0. The first-order valence-electron chi connectivity index (χ1n) is 14.0. The Morgan fingerprint density at radius 1 is 0.676 bits per heavy atom. The quantitative estimate of drug-likeness (QED) is 0.235. The van der Waals surface area contributed by atoms with E-state index in [0.717, 1.165) is 19.3 Å². The largest absolute Gasteiger partial charge is 0.394 e. The molecule has 4 rings (SSSR count). The fourth-order valence-electron chi connectivity index (χ4n) is 6.05. The summed E-state index contributed by atoms with van der Waals surface area (Å²) in [6, 6.07) is 0. The lowest BCUT2D eigenvalue weighted by atomic mass is 9.87. The minimum Gasteiger partial charge on any atom is -0.394 e. The summed E-state index contributed by atoms with van der Waals surface area (Å²) in [6.45, 7) is 1.53. The zero-order valence-corrected chi connectivity index (χ0v) is 21.7. The van der Waals surface area contributed by atoms with Crippen molar-refractivity contribution < 1.29 is 54.3 Å². The summed E-state index contributed by atoms with van der Waals surface area (Å²) in [4.78, 5) is 0. The summed E-state index contributed by atoms with van der Waals surface area (Å²) < 4.78 is 29.5. The molecular weight excluding hydrogens is 488 g/mol. The summed E-state index contributed by atoms with van der Waals surface area (Å²) in [5.74, 6) is 0.586. The number of ether oxygens (including phenoxy) is 5. The standard InChI is InChI=1S/C26H46O11/c1-14-19(28)21(30)22(31)25(34-14)35-16-9-5-6-10-17(16)36-26-23(32)24(20(29)18(13-27)37-26)33-12-11-15-7-3-2-4-8-15/h14-32H,2-13H2,1H3. The van der Waals surface area contributed by atoms with Crippen LogP contribution in [0.4, 0.5) is 0 Å². The van der Waals surface area contributed by atoms with E-state index < -0.39 is 80.2 Å². The molecule has 11 heteroatoms. The Kier molecular flexibility index (Phi) is 11.0. The first kappa shape index (κ1) is 29.5. The highest BCUT2D eigenvalue weighted by molar-refractivity contribution is 4.92. The molecular formula is C26H46O11. The molecule has 2 saturated carbocycles. The Morgan fingerprint density at radius 2 is 1.27 bits per heavy atom. The Bertz CT molecular complexity index is 677. The van der Waals surface area contributed by atoms with E-state index >= 15 is 0 Å². The Morgan fingerprint density at radius 3 is 1.89 bits per heavy atom. The van der Waals surface area contributed by atoms with Gasteiger partial charge < -0.3 is 54.3 Å². The molecule has 0 radical (unpaired) electrons. The summed E-state index contributed by atoms with van der Waals surface area (Å²) in [5, 5.41) is 62.0. The van der Waals surface area contributed by atoms with Gasteiger partial charge in [-0.3, -0.25) is 0 Å². The van der Waals surface area contributed by atoms with Gasteiger partial charge in [0.25, 0.3) is 0 Å². The fraction of sp³-hybridized carbons (Fsp3) is 1.00. The number of hydrogen-bond acceptors (Lipinski definition) is 11. The number of aliphatic hydroxyl groups excluding tert-OH is 6. The minimum absolute atomic E-state index is 0.396. The zero-order chi connectivity index (χ0) is 26.5. The molecule has 0 amide bonds. The summed E-state index contributed by atoms with van der Waals surface area (Å²) in [5.41, 5.74) is 0. The van der Waals surface area contributed by atoms with Gasteiger partial charge in [0.15, 0.2) is 12.6 Å². The van der Waals surface area contributed by atoms with E-state index in [9.17, 15) is 30.6 Å². The average molecular weight is 535 g/mol. The highest BCUT2D eigenvalue weighted by atomic mass is 16.7. The van der Waals surface area contributed by atoms with E-state index in [-0.39, 0.29) is 0 Å². The second-order valence-corrected chi connectivity index (χ2v) is 11.1. The molecule has 4 aliphatic rings. The van der Waals surface area contributed by atoms with Crippen LogP contribution in [0.15, 0.2) is 0 Å². The van der Waals surface area contributed by atoms with Crippen LogP contribution >= 0.6 is 0 Å². The topological polar surface area (TPSA) is 168 Å². The molecule has 11 nitrogen and oxygen atoms in total. The predicted octanol–water partition coefficient (Wildman–Crippen LogP) is -0.0471. The molecule has 0 spiro atoms. The molecule has 12 unspecified atom stereocenters. The lowest BCUT2D eigenvalue weighted by Crippen LogP contribution is -2.61. The lowest BCUT2D eigenvalue weighted by molar-refractivity contribution is -0.343. The van der Waals surface area contributed by atoms with Crippen LogP contribution < -0.4 is 0 Å². The summed E-state index contributed by atoms with van der Waals surface area (Å²) in [6.07, 6.45) is -2.75. The van der Waals surface area contributed by atoms with Crippen molar-refractivity contribution in [2.45, 2.75) is 145 Å². The molecule has 0 bridgehead atoms. The van der Waals surface area contributed by atoms with Gasteiger partial charge in [-0.2, -0.15) is 0 Å². The van der Waals surface area contributed by atoms with E-state index in [1.165, 1.54) is 32.1 Å². The van der Waals surface area contributed by atoms with Gasteiger partial charge in [0.1, 0.15) is 42.7 Å². The van der Waals surface area contributed by atoms with Crippen molar-refractivity contribution in [1.82, 2.24) is 0 Å². The molecule has 0 aromatic rings. The van der Waals surface area contributed by atoms with Crippen LogP contribution in [0.25, 0.3) is 0 Å². The van der Waals surface area contributed by atoms with Crippen LogP contribution in [0.3, 0.4) is 0 Å². The number of aliphatic hydroxyl groups is 6. The first-order valence-corrected chi connectivity index (χ1v) is 14.0. The van der Waals surface area contributed by atoms with Crippen LogP contribution in [0, 0.1) is 5.92 Å². The van der Waals surface area contributed by atoms with Crippen LogP contribution in [0.1, 0.15) is 71.1 Å². The van der Waals surface area contributed by atoms with E-state index in [1.54, 1.807) is 6.92 Å². The highest BCUT2D eigenvalue weighted by Crippen LogP contribution is 2.33. The Balaban J connectivity index is 1.36. The molecule has 2 aliphatic heterocycles. The third-order valence-corrected chi connectivity index (χ3v) is 8.45. The molecule has 2 heterocycles. The van der Waals surface area contributed by atoms with Gasteiger partial charge in [-0.1, -0.05) is 44.9 Å². The first-order chi connectivity index (χ1) is 17.8. The van der Waals surface area contributed by atoms with Gasteiger partial charge >= 0.3 is 0 Å². The number of hydrogen-bond donors (Lipinski definition) is 6. The molecule has 12 atom stereocenters. The second kappa shape index (κ2) is 13.8. The van der Waals surface area contributed by atoms with Gasteiger partial charge in [-0.25, -0.2) is 0 Å². The molecule has 216 valence electrons. The molecule has 2 aliphatic carbocycles. The number of rotatable bonds is 9. The second-order valence-electron chi connectivity index (χ2n) is 11.1. The van der Waals surface area contributed by atoms with Crippen LogP contribution in [-0.2, 0) is 23.7 Å². The molecule has 4 fully saturated rings. The maximum absolute atomic E-state index is 11.0. The molecule has 2 saturated heterocycles. The average Bonchev–Trinajstić information content (AvgIpc) is 2.91. The SMILES string of the molecule is CC1OC(OC2CCCCC2OC2OC(CO)C(O)C(OCCC3CCCCC3)C2O)C(O)C(O)C1O. The van der Waals surface area contributed by atoms with Crippen LogP contribution in [0.2, 0.25) is 0 Å². The van der Waals surface area contributed by atoms with Crippen molar-refractivity contribution in [2.75, 3.05) is 13.2 Å². The van der Waals surface area contributed by atoms with Crippen molar-refractivity contribution in [3.63, 3.8) is 0 Å². The van der Waals surface area contributed by atoms with Crippen LogP contribution in [-0.4, -0.2) is 117 Å². The third-order valence-electron chi connectivity index (χ3n) is 8.45. The van der Waals surface area contributed by atoms with E-state index in [1.807, 2.05) is 0 Å². The normalized spacial score (nSPS) is 46.1. The fourth-order valence-corrected chi connectivity index (χ4v) is 6.05. The third kappa shape index (κ3) is 7.20. The van der Waals surface area contributed by atoms with Gasteiger partial charge in [-0.05, 0) is 32.1 Å².